The lowest BCUT2D eigenvalue weighted by Gasteiger charge is -2.18. The van der Waals surface area contributed by atoms with Crippen molar-refractivity contribution in [2.24, 2.45) is 0 Å². The molecule has 0 saturated heterocycles. The van der Waals surface area contributed by atoms with Gasteiger partial charge in [0.15, 0.2) is 0 Å². The van der Waals surface area contributed by atoms with Crippen molar-refractivity contribution in [2.45, 2.75) is 24.0 Å². The summed E-state index contributed by atoms with van der Waals surface area (Å²) in [4.78, 5) is 11.8. The Morgan fingerprint density at radius 2 is 1.94 bits per heavy atom. The van der Waals surface area contributed by atoms with E-state index in [9.17, 15) is 15.0 Å². The summed E-state index contributed by atoms with van der Waals surface area (Å²) in [6.07, 6.45) is -0.0198. The molecule has 4 nitrogen and oxygen atoms in total. The van der Waals surface area contributed by atoms with E-state index < -0.39 is 12.2 Å². The minimum Gasteiger partial charge on any atom is -0.388 e. The number of rotatable bonds is 5. The van der Waals surface area contributed by atoms with E-state index in [1.165, 1.54) is 6.92 Å². The molecule has 1 rings (SSSR count). The van der Waals surface area contributed by atoms with Gasteiger partial charge in [0.2, 0.25) is 5.91 Å². The topological polar surface area (TPSA) is 69.6 Å². The average molecular weight is 255 g/mol. The fourth-order valence-corrected chi connectivity index (χ4v) is 1.79. The Kier molecular flexibility index (Phi) is 5.47. The van der Waals surface area contributed by atoms with Gasteiger partial charge in [0, 0.05) is 18.4 Å². The molecule has 0 aliphatic heterocycles. The van der Waals surface area contributed by atoms with Gasteiger partial charge in [-0.2, -0.15) is 0 Å². The number of carbonyl (C=O) groups excluding carboxylic acids is 1. The number of nitrogens with one attached hydrogen (secondary N) is 1. The van der Waals surface area contributed by atoms with Crippen LogP contribution in [0.4, 0.5) is 0 Å². The van der Waals surface area contributed by atoms with Crippen LogP contribution in [0.2, 0.25) is 0 Å². The summed E-state index contributed by atoms with van der Waals surface area (Å²) < 4.78 is 0. The number of hydrogen-bond donors (Lipinski definition) is 3. The number of aliphatic hydroxyl groups is 2. The Morgan fingerprint density at radius 1 is 1.35 bits per heavy atom. The van der Waals surface area contributed by atoms with Crippen LogP contribution in [0.1, 0.15) is 18.6 Å². The summed E-state index contributed by atoms with van der Waals surface area (Å²) >= 11 is 1.61. The average Bonchev–Trinajstić information content (AvgIpc) is 2.35. The molecule has 1 amide bonds. The van der Waals surface area contributed by atoms with Gasteiger partial charge in [-0.1, -0.05) is 12.1 Å². The highest BCUT2D eigenvalue weighted by Gasteiger charge is 2.18. The van der Waals surface area contributed by atoms with Gasteiger partial charge < -0.3 is 15.5 Å². The first-order valence-electron chi connectivity index (χ1n) is 5.29. The summed E-state index contributed by atoms with van der Waals surface area (Å²) in [5, 5.41) is 22.0. The largest absolute Gasteiger partial charge is 0.388 e. The molecule has 0 bridgehead atoms. The first-order chi connectivity index (χ1) is 8.04. The number of carbonyl (C=O) groups is 1. The molecule has 0 radical (unpaired) electrons. The number of hydrogen-bond acceptors (Lipinski definition) is 4. The Morgan fingerprint density at radius 3 is 2.41 bits per heavy atom. The third kappa shape index (κ3) is 4.38. The molecule has 2 atom stereocenters. The minimum atomic E-state index is -1.00. The zero-order chi connectivity index (χ0) is 12.8. The van der Waals surface area contributed by atoms with Crippen LogP contribution in [0, 0.1) is 0 Å². The van der Waals surface area contributed by atoms with Gasteiger partial charge in [0.05, 0.1) is 0 Å². The van der Waals surface area contributed by atoms with Gasteiger partial charge in [-0.3, -0.25) is 4.79 Å². The molecule has 0 aliphatic carbocycles. The van der Waals surface area contributed by atoms with Crippen LogP contribution in [-0.2, 0) is 4.79 Å². The number of aliphatic hydroxyl groups excluding tert-OH is 2. The van der Waals surface area contributed by atoms with Crippen molar-refractivity contribution in [3.63, 3.8) is 0 Å². The second-order valence-corrected chi connectivity index (χ2v) is 4.60. The SMILES string of the molecule is CSc1ccc(C(O)C(O)CNC(C)=O)cc1. The Hall–Kier alpha value is -1.04. The number of thioether (sulfide) groups is 1. The first-order valence-corrected chi connectivity index (χ1v) is 6.51. The van der Waals surface area contributed by atoms with Crippen LogP contribution in [0.15, 0.2) is 29.2 Å². The van der Waals surface area contributed by atoms with Crippen molar-refractivity contribution < 1.29 is 15.0 Å². The highest BCUT2D eigenvalue weighted by Crippen LogP contribution is 2.20. The quantitative estimate of drug-likeness (QED) is 0.685. The molecule has 2 unspecified atom stereocenters. The van der Waals surface area contributed by atoms with E-state index in [4.69, 9.17) is 0 Å². The van der Waals surface area contributed by atoms with Crippen LogP contribution in [0.3, 0.4) is 0 Å². The van der Waals surface area contributed by atoms with Crippen LogP contribution in [0.5, 0.6) is 0 Å². The fraction of sp³-hybridized carbons (Fsp3) is 0.417. The summed E-state index contributed by atoms with van der Waals surface area (Å²) in [5.74, 6) is -0.228. The maximum Gasteiger partial charge on any atom is 0.216 e. The lowest BCUT2D eigenvalue weighted by Crippen LogP contribution is -2.34. The molecule has 1 aromatic rings. The van der Waals surface area contributed by atoms with E-state index in [0.717, 1.165) is 4.90 Å². The van der Waals surface area contributed by atoms with Gasteiger partial charge in [0.25, 0.3) is 0 Å². The van der Waals surface area contributed by atoms with E-state index in [1.807, 2.05) is 18.4 Å². The first kappa shape index (κ1) is 14.0. The molecule has 17 heavy (non-hydrogen) atoms. The molecule has 0 spiro atoms. The zero-order valence-corrected chi connectivity index (χ0v) is 10.7. The normalized spacial score (nSPS) is 14.1. The van der Waals surface area contributed by atoms with Gasteiger partial charge in [-0.25, -0.2) is 0 Å². The van der Waals surface area contributed by atoms with Crippen molar-refractivity contribution in [1.29, 1.82) is 0 Å². The number of amides is 1. The Balaban J connectivity index is 2.60. The van der Waals surface area contributed by atoms with Crippen molar-refractivity contribution >= 4 is 17.7 Å². The van der Waals surface area contributed by atoms with E-state index in [0.29, 0.717) is 5.56 Å². The smallest absolute Gasteiger partial charge is 0.216 e. The van der Waals surface area contributed by atoms with E-state index >= 15 is 0 Å². The molecule has 3 N–H and O–H groups in total. The molecule has 0 heterocycles. The zero-order valence-electron chi connectivity index (χ0n) is 9.88. The fourth-order valence-electron chi connectivity index (χ4n) is 1.38. The van der Waals surface area contributed by atoms with E-state index in [2.05, 4.69) is 5.32 Å². The summed E-state index contributed by atoms with van der Waals surface area (Å²) in [6.45, 7) is 1.41. The third-order valence-corrected chi connectivity index (χ3v) is 3.13. The lowest BCUT2D eigenvalue weighted by atomic mass is 10.0. The standard InChI is InChI=1S/C12H17NO3S/c1-8(14)13-7-11(15)12(16)9-3-5-10(17-2)6-4-9/h3-6,11-12,15-16H,7H2,1-2H3,(H,13,14). The van der Waals surface area contributed by atoms with Crippen molar-refractivity contribution in [1.82, 2.24) is 5.32 Å². The maximum atomic E-state index is 10.7. The molecule has 0 aliphatic rings. The molecule has 0 aromatic heterocycles. The highest BCUT2D eigenvalue weighted by atomic mass is 32.2. The van der Waals surface area contributed by atoms with Gasteiger partial charge in [0.1, 0.15) is 12.2 Å². The molecular weight excluding hydrogens is 238 g/mol. The lowest BCUT2D eigenvalue weighted by molar-refractivity contribution is -0.119. The second kappa shape index (κ2) is 6.64. The molecule has 1 aromatic carbocycles. The monoisotopic (exact) mass is 255 g/mol. The molecule has 0 fully saturated rings. The van der Waals surface area contributed by atoms with E-state index in [-0.39, 0.29) is 12.5 Å². The van der Waals surface area contributed by atoms with Gasteiger partial charge >= 0.3 is 0 Å². The van der Waals surface area contributed by atoms with E-state index in [1.54, 1.807) is 23.9 Å². The Bertz CT molecular complexity index is 367. The van der Waals surface area contributed by atoms with Gasteiger partial charge in [-0.15, -0.1) is 11.8 Å². The number of benzene rings is 1. The molecule has 5 heteroatoms. The highest BCUT2D eigenvalue weighted by molar-refractivity contribution is 7.98. The van der Waals surface area contributed by atoms with Crippen molar-refractivity contribution in [2.75, 3.05) is 12.8 Å². The molecular formula is C12H17NO3S. The van der Waals surface area contributed by atoms with Crippen LogP contribution in [0.25, 0.3) is 0 Å². The predicted molar refractivity (Wildman–Crippen MR) is 67.9 cm³/mol. The van der Waals surface area contributed by atoms with Crippen LogP contribution in [-0.4, -0.2) is 35.0 Å². The van der Waals surface area contributed by atoms with Crippen LogP contribution < -0.4 is 5.32 Å². The molecule has 94 valence electrons. The maximum absolute atomic E-state index is 10.7. The predicted octanol–water partition coefficient (Wildman–Crippen LogP) is 0.939. The summed E-state index contributed by atoms with van der Waals surface area (Å²) in [7, 11) is 0. The molecule has 0 saturated carbocycles. The van der Waals surface area contributed by atoms with Crippen LogP contribution >= 0.6 is 11.8 Å². The van der Waals surface area contributed by atoms with Crippen molar-refractivity contribution in [3.8, 4) is 0 Å². The summed E-state index contributed by atoms with van der Waals surface area (Å²) in [6, 6.07) is 7.31. The van der Waals surface area contributed by atoms with Crippen molar-refractivity contribution in [3.05, 3.63) is 29.8 Å². The second-order valence-electron chi connectivity index (χ2n) is 3.72. The Labute approximate surface area is 105 Å². The minimum absolute atomic E-state index is 0.0424. The van der Waals surface area contributed by atoms with Gasteiger partial charge in [-0.05, 0) is 24.0 Å². The third-order valence-electron chi connectivity index (χ3n) is 2.38. The summed E-state index contributed by atoms with van der Waals surface area (Å²) in [5.41, 5.74) is 0.639.